The minimum Gasteiger partial charge on any atom is -0.763 e. The first-order valence-corrected chi connectivity index (χ1v) is 15.5. The van der Waals surface area contributed by atoms with E-state index in [4.69, 9.17) is 71.9 Å². The molecule has 291 valence electrons. The smallest absolute Gasteiger partial charge is 0.763 e. The Morgan fingerprint density at radius 3 is 0.527 bits per heavy atom. The van der Waals surface area contributed by atoms with Crippen LogP contribution in [0.4, 0.5) is 0 Å². The first-order chi connectivity index (χ1) is 24.5. The fourth-order valence-corrected chi connectivity index (χ4v) is 4.41. The number of rotatable bonds is 0. The van der Waals surface area contributed by atoms with Crippen molar-refractivity contribution in [3.8, 4) is 48.6 Å². The molecule has 0 amide bonds. The molecule has 6 aliphatic rings. The SMILES string of the molecule is C1CCOC1.C1CCOC1.C1CCOC1.C1CCOC1.N#CC1=C(C#N)C(C#N)=C(C#N)C1=C=[N-].N#CC1=C(C#N)C(C#N)=C(C#N)C1=C=[N-].O.O.O.O.[Co+2]. The van der Waals surface area contributed by atoms with Crippen LogP contribution in [0, 0.1) is 90.6 Å². The van der Waals surface area contributed by atoms with E-state index in [0.717, 1.165) is 52.9 Å². The van der Waals surface area contributed by atoms with Gasteiger partial charge in [0.05, 0.1) is 44.6 Å². The largest absolute Gasteiger partial charge is 2.00 e. The zero-order valence-electron chi connectivity index (χ0n) is 29.8. The first kappa shape index (κ1) is 58.3. The zero-order chi connectivity index (χ0) is 37.0. The molecule has 1 radical (unpaired) electrons. The molecule has 0 bridgehead atoms. The van der Waals surface area contributed by atoms with Crippen molar-refractivity contribution in [2.75, 3.05) is 52.9 Å². The van der Waals surface area contributed by atoms with Gasteiger partial charge in [-0.1, -0.05) is 0 Å². The van der Waals surface area contributed by atoms with Gasteiger partial charge in [0.1, 0.15) is 48.6 Å². The summed E-state index contributed by atoms with van der Waals surface area (Å²) in [5.41, 5.74) is -2.01. The van der Waals surface area contributed by atoms with Gasteiger partial charge in [0.2, 0.25) is 0 Å². The number of nitriles is 8. The third-order valence-electron chi connectivity index (χ3n) is 6.93. The third kappa shape index (κ3) is 18.5. The van der Waals surface area contributed by atoms with Crippen LogP contribution in [0.1, 0.15) is 51.4 Å². The van der Waals surface area contributed by atoms with Crippen molar-refractivity contribution in [3.63, 3.8) is 0 Å². The van der Waals surface area contributed by atoms with Crippen LogP contribution in [0.3, 0.4) is 0 Å². The monoisotopic (exact) mass is 799 g/mol. The van der Waals surface area contributed by atoms with Crippen LogP contribution in [-0.2, 0) is 35.7 Å². The van der Waals surface area contributed by atoms with Gasteiger partial charge in [0, 0.05) is 64.0 Å². The van der Waals surface area contributed by atoms with Crippen molar-refractivity contribution in [2.45, 2.75) is 51.4 Å². The summed E-state index contributed by atoms with van der Waals surface area (Å²) in [6.45, 7) is 8.00. The normalized spacial score (nSPS) is 16.2. The van der Waals surface area contributed by atoms with Gasteiger partial charge in [-0.25, -0.2) is 0 Å². The van der Waals surface area contributed by atoms with Gasteiger partial charge in [-0.05, 0) is 51.4 Å². The van der Waals surface area contributed by atoms with Gasteiger partial charge in [0.15, 0.2) is 0 Å². The van der Waals surface area contributed by atoms with E-state index in [1.165, 1.54) is 51.4 Å². The van der Waals surface area contributed by atoms with E-state index in [1.54, 1.807) is 60.3 Å². The minimum atomic E-state index is -0.201. The molecular weight excluding hydrogens is 759 g/mol. The molecular formula is C36H40CoN10O8. The Balaban J connectivity index is -0.000000192. The second-order valence-electron chi connectivity index (χ2n) is 10.1. The van der Waals surface area contributed by atoms with Crippen molar-refractivity contribution >= 4 is 11.7 Å². The zero-order valence-corrected chi connectivity index (χ0v) is 30.8. The predicted molar refractivity (Wildman–Crippen MR) is 191 cm³/mol. The quantitative estimate of drug-likeness (QED) is 0.315. The average Bonchev–Trinajstić information content (AvgIpc) is 4.01. The standard InChI is InChI=1S/2C10N5.4C4H8O.Co.4H2O/c2*11-1-6-7(2-12)9(4-14)10(5-15)8(6)3-13;4*1-2-4-5-3-1;;;;;/h;;4*1-4H2;;4*1H2/q2*-1;;;;;+2;;;;. The van der Waals surface area contributed by atoms with Crippen LogP contribution in [0.5, 0.6) is 0 Å². The van der Waals surface area contributed by atoms with E-state index < -0.39 is 0 Å². The Morgan fingerprint density at radius 1 is 0.309 bits per heavy atom. The van der Waals surface area contributed by atoms with E-state index in [9.17, 15) is 0 Å². The molecule has 0 spiro atoms. The maximum Gasteiger partial charge on any atom is 2.00 e. The summed E-state index contributed by atoms with van der Waals surface area (Å²) >= 11 is 0. The minimum absolute atomic E-state index is 0. The fraction of sp³-hybridized carbons (Fsp3) is 0.444. The molecule has 0 aromatic heterocycles. The second kappa shape index (κ2) is 36.3. The molecule has 18 nitrogen and oxygen atoms in total. The molecule has 4 heterocycles. The number of ether oxygens (including phenoxy) is 4. The van der Waals surface area contributed by atoms with E-state index in [1.807, 2.05) is 0 Å². The Kier molecular flexibility index (Phi) is 38.5. The van der Waals surface area contributed by atoms with Gasteiger partial charge < -0.3 is 51.7 Å². The van der Waals surface area contributed by atoms with Crippen LogP contribution in [-0.4, -0.2) is 86.5 Å². The number of hydrogen-bond donors (Lipinski definition) is 0. The van der Waals surface area contributed by atoms with Gasteiger partial charge in [-0.3, -0.25) is 11.7 Å². The van der Waals surface area contributed by atoms with Gasteiger partial charge in [-0.15, -0.1) is 0 Å². The Hall–Kier alpha value is -6.03. The summed E-state index contributed by atoms with van der Waals surface area (Å²) in [6, 6.07) is 13.2. The van der Waals surface area contributed by atoms with Crippen LogP contribution in [0.2, 0.25) is 0 Å². The van der Waals surface area contributed by atoms with Crippen molar-refractivity contribution < 1.29 is 57.6 Å². The van der Waals surface area contributed by atoms with Crippen molar-refractivity contribution in [2.24, 2.45) is 0 Å². The van der Waals surface area contributed by atoms with E-state index in [-0.39, 0.29) is 94.4 Å². The van der Waals surface area contributed by atoms with E-state index >= 15 is 0 Å². The molecule has 0 saturated carbocycles. The summed E-state index contributed by atoms with van der Waals surface area (Å²) in [4.78, 5) is 0. The van der Waals surface area contributed by atoms with Crippen LogP contribution < -0.4 is 0 Å². The van der Waals surface area contributed by atoms with Crippen LogP contribution in [0.25, 0.3) is 10.8 Å². The maximum atomic E-state index is 8.72. The summed E-state index contributed by atoms with van der Waals surface area (Å²) in [5.74, 6) is 3.30. The second-order valence-corrected chi connectivity index (χ2v) is 10.1. The Labute approximate surface area is 330 Å². The summed E-state index contributed by atoms with van der Waals surface area (Å²) in [5, 5.41) is 87.2. The summed E-state index contributed by atoms with van der Waals surface area (Å²) < 4.78 is 19.8. The molecule has 4 saturated heterocycles. The van der Waals surface area contributed by atoms with E-state index in [2.05, 4.69) is 0 Å². The predicted octanol–water partition coefficient (Wildman–Crippen LogP) is 1.59. The molecule has 55 heavy (non-hydrogen) atoms. The van der Waals surface area contributed by atoms with Gasteiger partial charge >= 0.3 is 16.8 Å². The molecule has 0 aromatic rings. The molecule has 8 N–H and O–H groups in total. The first-order valence-electron chi connectivity index (χ1n) is 15.5. The van der Waals surface area contributed by atoms with Crippen molar-refractivity contribution in [1.29, 1.82) is 42.1 Å². The molecule has 4 aliphatic heterocycles. The molecule has 2 aliphatic carbocycles. The Bertz CT molecular complexity index is 1540. The number of nitrogens with zero attached hydrogens (tertiary/aromatic N) is 10. The average molecular weight is 800 g/mol. The van der Waals surface area contributed by atoms with Crippen LogP contribution in [0.15, 0.2) is 55.7 Å². The molecule has 0 unspecified atom stereocenters. The fourth-order valence-electron chi connectivity index (χ4n) is 4.41. The van der Waals surface area contributed by atoms with Crippen molar-refractivity contribution in [3.05, 3.63) is 66.5 Å². The topological polar surface area (TPSA) is 398 Å². The van der Waals surface area contributed by atoms with Gasteiger partial charge in [0.25, 0.3) is 0 Å². The van der Waals surface area contributed by atoms with Crippen molar-refractivity contribution in [1.82, 2.24) is 0 Å². The van der Waals surface area contributed by atoms with Crippen LogP contribution >= 0.6 is 0 Å². The molecule has 0 aromatic carbocycles. The van der Waals surface area contributed by atoms with Gasteiger partial charge in [-0.2, -0.15) is 42.1 Å². The summed E-state index contributed by atoms with van der Waals surface area (Å²) in [6.07, 6.45) is 10.2. The summed E-state index contributed by atoms with van der Waals surface area (Å²) in [7, 11) is 0. The third-order valence-corrected chi connectivity index (χ3v) is 6.93. The maximum absolute atomic E-state index is 8.72. The molecule has 0 atom stereocenters. The number of allylic oxidation sites excluding steroid dienone is 10. The molecule has 4 fully saturated rings. The Morgan fingerprint density at radius 2 is 0.455 bits per heavy atom. The molecule has 19 heteroatoms. The number of hydrogen-bond acceptors (Lipinski definition) is 12. The molecule has 6 rings (SSSR count). The van der Waals surface area contributed by atoms with E-state index in [0.29, 0.717) is 0 Å².